The highest BCUT2D eigenvalue weighted by atomic mass is 16.2. The molecule has 2 aromatic rings. The van der Waals surface area contributed by atoms with Gasteiger partial charge in [-0.3, -0.25) is 9.36 Å². The monoisotopic (exact) mass is 313 g/mol. The van der Waals surface area contributed by atoms with Gasteiger partial charge in [-0.15, -0.1) is 10.2 Å². The average molecular weight is 313 g/mol. The number of carbonyl (C=O) groups is 1. The molecule has 1 aliphatic heterocycles. The Morgan fingerprint density at radius 3 is 2.61 bits per heavy atom. The molecule has 1 aromatic heterocycles. The van der Waals surface area contributed by atoms with Crippen LogP contribution in [0.5, 0.6) is 0 Å². The SMILES string of the molecule is C[C@@H]1CN(C(=O)CCc2nncn2-c2ccccc2)C[C@H](C)N1. The van der Waals surface area contributed by atoms with Gasteiger partial charge in [-0.2, -0.15) is 0 Å². The van der Waals surface area contributed by atoms with Crippen LogP contribution in [0.2, 0.25) is 0 Å². The van der Waals surface area contributed by atoms with E-state index in [-0.39, 0.29) is 5.91 Å². The highest BCUT2D eigenvalue weighted by Gasteiger charge is 2.24. The Labute approximate surface area is 136 Å². The third-order valence-electron chi connectivity index (χ3n) is 4.13. The molecule has 0 saturated carbocycles. The Morgan fingerprint density at radius 2 is 1.91 bits per heavy atom. The lowest BCUT2D eigenvalue weighted by molar-refractivity contribution is -0.132. The van der Waals surface area contributed by atoms with Crippen molar-refractivity contribution in [2.45, 2.75) is 38.8 Å². The molecule has 23 heavy (non-hydrogen) atoms. The second-order valence-electron chi connectivity index (χ2n) is 6.22. The minimum Gasteiger partial charge on any atom is -0.340 e. The Hall–Kier alpha value is -2.21. The second kappa shape index (κ2) is 6.91. The number of benzene rings is 1. The zero-order valence-electron chi connectivity index (χ0n) is 13.6. The van der Waals surface area contributed by atoms with Crippen LogP contribution < -0.4 is 5.32 Å². The fraction of sp³-hybridized carbons (Fsp3) is 0.471. The lowest BCUT2D eigenvalue weighted by atomic mass is 10.1. The highest BCUT2D eigenvalue weighted by molar-refractivity contribution is 5.76. The van der Waals surface area contributed by atoms with Crippen molar-refractivity contribution in [3.05, 3.63) is 42.5 Å². The fourth-order valence-electron chi connectivity index (χ4n) is 3.14. The summed E-state index contributed by atoms with van der Waals surface area (Å²) in [7, 11) is 0. The molecule has 6 nitrogen and oxygen atoms in total. The number of aryl methyl sites for hydroxylation is 1. The van der Waals surface area contributed by atoms with Crippen LogP contribution in [0.4, 0.5) is 0 Å². The van der Waals surface area contributed by atoms with Crippen molar-refractivity contribution in [2.24, 2.45) is 0 Å². The van der Waals surface area contributed by atoms with E-state index in [9.17, 15) is 4.79 Å². The summed E-state index contributed by atoms with van der Waals surface area (Å²) in [5.41, 5.74) is 1.02. The van der Waals surface area contributed by atoms with Gasteiger partial charge in [0.25, 0.3) is 0 Å². The first-order valence-electron chi connectivity index (χ1n) is 8.11. The van der Waals surface area contributed by atoms with E-state index < -0.39 is 0 Å². The van der Waals surface area contributed by atoms with Crippen molar-refractivity contribution in [3.8, 4) is 5.69 Å². The van der Waals surface area contributed by atoms with Gasteiger partial charge in [0.1, 0.15) is 12.2 Å². The molecule has 0 aliphatic carbocycles. The van der Waals surface area contributed by atoms with Crippen molar-refractivity contribution in [1.29, 1.82) is 0 Å². The summed E-state index contributed by atoms with van der Waals surface area (Å²) in [4.78, 5) is 14.4. The van der Waals surface area contributed by atoms with Crippen LogP contribution in [0.15, 0.2) is 36.7 Å². The number of amides is 1. The smallest absolute Gasteiger partial charge is 0.223 e. The molecular weight excluding hydrogens is 290 g/mol. The molecule has 1 aromatic carbocycles. The molecule has 0 spiro atoms. The van der Waals surface area contributed by atoms with Gasteiger partial charge in [0.05, 0.1) is 0 Å². The molecule has 6 heteroatoms. The van der Waals surface area contributed by atoms with E-state index in [4.69, 9.17) is 0 Å². The lowest BCUT2D eigenvalue weighted by Crippen LogP contribution is -2.55. The maximum absolute atomic E-state index is 12.5. The van der Waals surface area contributed by atoms with E-state index in [2.05, 4.69) is 29.4 Å². The topological polar surface area (TPSA) is 63.1 Å². The summed E-state index contributed by atoms with van der Waals surface area (Å²) in [5, 5.41) is 11.6. The normalized spacial score (nSPS) is 21.4. The van der Waals surface area contributed by atoms with Gasteiger partial charge in [-0.05, 0) is 26.0 Å². The zero-order chi connectivity index (χ0) is 16.2. The summed E-state index contributed by atoms with van der Waals surface area (Å²) < 4.78 is 1.94. The Balaban J connectivity index is 1.63. The molecule has 0 unspecified atom stereocenters. The van der Waals surface area contributed by atoms with Crippen molar-refractivity contribution >= 4 is 5.91 Å². The Morgan fingerprint density at radius 1 is 1.22 bits per heavy atom. The Kier molecular flexibility index (Phi) is 4.71. The van der Waals surface area contributed by atoms with Gasteiger partial charge < -0.3 is 10.2 Å². The Bertz CT molecular complexity index is 644. The molecule has 3 rings (SSSR count). The number of hydrogen-bond donors (Lipinski definition) is 1. The predicted octanol–water partition coefficient (Wildman–Crippen LogP) is 1.41. The first kappa shape index (κ1) is 15.7. The number of aromatic nitrogens is 3. The average Bonchev–Trinajstić information content (AvgIpc) is 3.01. The number of hydrogen-bond acceptors (Lipinski definition) is 4. The minimum absolute atomic E-state index is 0.188. The number of nitrogens with zero attached hydrogens (tertiary/aromatic N) is 4. The van der Waals surface area contributed by atoms with Gasteiger partial charge in [0.2, 0.25) is 5.91 Å². The third-order valence-corrected chi connectivity index (χ3v) is 4.13. The number of nitrogens with one attached hydrogen (secondary N) is 1. The van der Waals surface area contributed by atoms with Gasteiger partial charge >= 0.3 is 0 Å². The second-order valence-corrected chi connectivity index (χ2v) is 6.22. The van der Waals surface area contributed by atoms with Crippen LogP contribution in [-0.4, -0.2) is 50.7 Å². The van der Waals surface area contributed by atoms with E-state index in [1.165, 1.54) is 0 Å². The number of rotatable bonds is 4. The summed E-state index contributed by atoms with van der Waals surface area (Å²) in [6.45, 7) is 5.77. The van der Waals surface area contributed by atoms with E-state index in [1.807, 2.05) is 39.8 Å². The number of para-hydroxylation sites is 1. The lowest BCUT2D eigenvalue weighted by Gasteiger charge is -2.36. The predicted molar refractivity (Wildman–Crippen MR) is 88.3 cm³/mol. The molecule has 0 radical (unpaired) electrons. The van der Waals surface area contributed by atoms with Crippen LogP contribution in [0.25, 0.3) is 5.69 Å². The summed E-state index contributed by atoms with van der Waals surface area (Å²) in [6, 6.07) is 10.6. The van der Waals surface area contributed by atoms with Crippen LogP contribution in [0, 0.1) is 0 Å². The maximum atomic E-state index is 12.5. The molecule has 1 fully saturated rings. The van der Waals surface area contributed by atoms with Crippen LogP contribution in [0.3, 0.4) is 0 Å². The van der Waals surface area contributed by atoms with Gasteiger partial charge in [0, 0.05) is 43.7 Å². The quantitative estimate of drug-likeness (QED) is 0.927. The van der Waals surface area contributed by atoms with Crippen molar-refractivity contribution in [2.75, 3.05) is 13.1 Å². The summed E-state index contributed by atoms with van der Waals surface area (Å²) in [5.74, 6) is 1.01. The molecule has 2 atom stereocenters. The van der Waals surface area contributed by atoms with E-state index >= 15 is 0 Å². The molecular formula is C17H23N5O. The van der Waals surface area contributed by atoms with Crippen molar-refractivity contribution < 1.29 is 4.79 Å². The molecule has 2 heterocycles. The van der Waals surface area contributed by atoms with E-state index in [1.54, 1.807) is 6.33 Å². The third kappa shape index (κ3) is 3.76. The molecule has 1 amide bonds. The van der Waals surface area contributed by atoms with Gasteiger partial charge in [-0.25, -0.2) is 0 Å². The van der Waals surface area contributed by atoms with Crippen LogP contribution >= 0.6 is 0 Å². The molecule has 1 saturated heterocycles. The minimum atomic E-state index is 0.188. The molecule has 1 aliphatic rings. The largest absolute Gasteiger partial charge is 0.340 e. The van der Waals surface area contributed by atoms with E-state index in [0.29, 0.717) is 24.9 Å². The van der Waals surface area contributed by atoms with Crippen LogP contribution in [-0.2, 0) is 11.2 Å². The van der Waals surface area contributed by atoms with E-state index in [0.717, 1.165) is 24.6 Å². The first-order chi connectivity index (χ1) is 11.1. The molecule has 122 valence electrons. The zero-order valence-corrected chi connectivity index (χ0v) is 13.6. The number of carbonyl (C=O) groups excluding carboxylic acids is 1. The molecule has 0 bridgehead atoms. The fourth-order valence-corrected chi connectivity index (χ4v) is 3.14. The van der Waals surface area contributed by atoms with Crippen molar-refractivity contribution in [1.82, 2.24) is 25.0 Å². The maximum Gasteiger partial charge on any atom is 0.223 e. The van der Waals surface area contributed by atoms with Gasteiger partial charge in [0.15, 0.2) is 0 Å². The van der Waals surface area contributed by atoms with Gasteiger partial charge in [-0.1, -0.05) is 18.2 Å². The summed E-state index contributed by atoms with van der Waals surface area (Å²) >= 11 is 0. The number of piperazine rings is 1. The highest BCUT2D eigenvalue weighted by Crippen LogP contribution is 2.12. The standard InChI is InChI=1S/C17H23N5O/c1-13-10-21(11-14(2)19-13)17(23)9-8-16-20-18-12-22(16)15-6-4-3-5-7-15/h3-7,12-14,19H,8-11H2,1-2H3/t13-,14+. The van der Waals surface area contributed by atoms with Crippen molar-refractivity contribution in [3.63, 3.8) is 0 Å². The van der Waals surface area contributed by atoms with Crippen LogP contribution in [0.1, 0.15) is 26.1 Å². The first-order valence-corrected chi connectivity index (χ1v) is 8.11. The summed E-state index contributed by atoms with van der Waals surface area (Å²) in [6.07, 6.45) is 2.76. The molecule has 1 N–H and O–H groups in total.